The summed E-state index contributed by atoms with van der Waals surface area (Å²) in [6.45, 7) is 2.44. The van der Waals surface area contributed by atoms with Crippen molar-refractivity contribution in [3.63, 3.8) is 0 Å². The van der Waals surface area contributed by atoms with Crippen LogP contribution in [0.2, 0.25) is 0 Å². The summed E-state index contributed by atoms with van der Waals surface area (Å²) >= 11 is 3.42. The highest BCUT2D eigenvalue weighted by Crippen LogP contribution is 2.37. The van der Waals surface area contributed by atoms with Crippen molar-refractivity contribution in [3.05, 3.63) is 68.2 Å². The van der Waals surface area contributed by atoms with Crippen molar-refractivity contribution in [1.82, 2.24) is 0 Å². The van der Waals surface area contributed by atoms with E-state index >= 15 is 0 Å². The number of aryl methyl sites for hydroxylation is 1. The fourth-order valence-electron chi connectivity index (χ4n) is 2.37. The smallest absolute Gasteiger partial charge is 0.312 e. The van der Waals surface area contributed by atoms with Crippen LogP contribution in [0.3, 0.4) is 0 Å². The Kier molecular flexibility index (Phi) is 6.59. The van der Waals surface area contributed by atoms with E-state index in [1.165, 1.54) is 0 Å². The molecule has 2 aromatic carbocycles. The molecule has 0 heterocycles. The quantitative estimate of drug-likeness (QED) is 0.338. The van der Waals surface area contributed by atoms with E-state index in [9.17, 15) is 10.1 Å². The zero-order chi connectivity index (χ0) is 16.7. The van der Waals surface area contributed by atoms with Gasteiger partial charge >= 0.3 is 5.69 Å². The van der Waals surface area contributed by atoms with Crippen molar-refractivity contribution in [2.45, 2.75) is 39.2 Å². The highest BCUT2D eigenvalue weighted by atomic mass is 79.9. The van der Waals surface area contributed by atoms with Crippen molar-refractivity contribution in [3.8, 4) is 5.75 Å². The Morgan fingerprint density at radius 1 is 1.13 bits per heavy atom. The van der Waals surface area contributed by atoms with E-state index in [-0.39, 0.29) is 16.4 Å². The number of ether oxygens (including phenoxy) is 1. The van der Waals surface area contributed by atoms with Crippen molar-refractivity contribution in [2.24, 2.45) is 0 Å². The summed E-state index contributed by atoms with van der Waals surface area (Å²) < 4.78 is 6.34. The van der Waals surface area contributed by atoms with E-state index in [0.717, 1.165) is 36.8 Å². The standard InChI is InChI=1S/C18H20BrNO3/c1-2-3-5-10-15-11-16(19)18(17(12-15)20(21)22)23-13-14-8-6-4-7-9-14/h4,6-9,11-12H,2-3,5,10,13H2,1H3. The van der Waals surface area contributed by atoms with E-state index in [2.05, 4.69) is 22.9 Å². The summed E-state index contributed by atoms with van der Waals surface area (Å²) in [6, 6.07) is 13.2. The minimum absolute atomic E-state index is 0.0156. The number of nitrogens with zero attached hydrogens (tertiary/aromatic N) is 1. The second-order valence-corrected chi connectivity index (χ2v) is 6.27. The average Bonchev–Trinajstić information content (AvgIpc) is 2.54. The van der Waals surface area contributed by atoms with E-state index in [0.29, 0.717) is 11.1 Å². The lowest BCUT2D eigenvalue weighted by atomic mass is 10.1. The van der Waals surface area contributed by atoms with Crippen LogP contribution in [0.15, 0.2) is 46.9 Å². The third-order valence-corrected chi connectivity index (χ3v) is 4.16. The SMILES string of the molecule is CCCCCc1cc(Br)c(OCc2ccccc2)c([N+](=O)[O-])c1. The van der Waals surface area contributed by atoms with E-state index in [4.69, 9.17) is 4.74 Å². The van der Waals surface area contributed by atoms with Gasteiger partial charge in [-0.3, -0.25) is 10.1 Å². The van der Waals surface area contributed by atoms with Gasteiger partial charge in [-0.25, -0.2) is 0 Å². The van der Waals surface area contributed by atoms with Crippen molar-refractivity contribution >= 4 is 21.6 Å². The maximum absolute atomic E-state index is 11.4. The predicted molar refractivity (Wildman–Crippen MR) is 94.8 cm³/mol. The molecule has 0 saturated heterocycles. The maximum atomic E-state index is 11.4. The molecule has 23 heavy (non-hydrogen) atoms. The van der Waals surface area contributed by atoms with Gasteiger partial charge in [-0.2, -0.15) is 0 Å². The monoisotopic (exact) mass is 377 g/mol. The first-order chi connectivity index (χ1) is 11.1. The van der Waals surface area contributed by atoms with Crippen LogP contribution in [-0.2, 0) is 13.0 Å². The topological polar surface area (TPSA) is 52.4 Å². The van der Waals surface area contributed by atoms with Gasteiger partial charge in [0.1, 0.15) is 6.61 Å². The molecule has 0 atom stereocenters. The zero-order valence-electron chi connectivity index (χ0n) is 13.1. The molecule has 0 fully saturated rings. The molecule has 0 N–H and O–H groups in total. The number of rotatable bonds is 8. The fourth-order valence-corrected chi connectivity index (χ4v) is 2.98. The van der Waals surface area contributed by atoms with E-state index in [1.54, 1.807) is 6.07 Å². The lowest BCUT2D eigenvalue weighted by molar-refractivity contribution is -0.386. The lowest BCUT2D eigenvalue weighted by Gasteiger charge is -2.11. The minimum atomic E-state index is -0.381. The Bertz CT molecular complexity index is 659. The van der Waals surface area contributed by atoms with Gasteiger partial charge in [0.05, 0.1) is 9.40 Å². The Morgan fingerprint density at radius 2 is 1.87 bits per heavy atom. The molecule has 0 aliphatic carbocycles. The molecular formula is C18H20BrNO3. The van der Waals surface area contributed by atoms with E-state index in [1.807, 2.05) is 36.4 Å². The van der Waals surface area contributed by atoms with Gasteiger partial charge in [0.2, 0.25) is 5.75 Å². The molecular weight excluding hydrogens is 358 g/mol. The first kappa shape index (κ1) is 17.5. The first-order valence-corrected chi connectivity index (χ1v) is 8.54. The van der Waals surface area contributed by atoms with Gasteiger partial charge in [0, 0.05) is 6.07 Å². The number of hydrogen-bond acceptors (Lipinski definition) is 3. The fraction of sp³-hybridized carbons (Fsp3) is 0.333. The Morgan fingerprint density at radius 3 is 2.52 bits per heavy atom. The van der Waals surface area contributed by atoms with Gasteiger partial charge in [-0.1, -0.05) is 50.1 Å². The van der Waals surface area contributed by atoms with Crippen LogP contribution in [-0.4, -0.2) is 4.92 Å². The van der Waals surface area contributed by atoms with Gasteiger partial charge < -0.3 is 4.74 Å². The molecule has 0 aliphatic rings. The Labute approximate surface area is 144 Å². The van der Waals surface area contributed by atoms with Gasteiger partial charge in [0.15, 0.2) is 0 Å². The molecule has 0 aliphatic heterocycles. The Hall–Kier alpha value is -1.88. The van der Waals surface area contributed by atoms with Crippen LogP contribution in [0.5, 0.6) is 5.75 Å². The van der Waals surface area contributed by atoms with Crippen LogP contribution < -0.4 is 4.74 Å². The third kappa shape index (κ3) is 5.06. The van der Waals surface area contributed by atoms with Crippen molar-refractivity contribution in [1.29, 1.82) is 0 Å². The highest BCUT2D eigenvalue weighted by molar-refractivity contribution is 9.10. The van der Waals surface area contributed by atoms with Crippen LogP contribution >= 0.6 is 15.9 Å². The van der Waals surface area contributed by atoms with E-state index < -0.39 is 0 Å². The van der Waals surface area contributed by atoms with Gasteiger partial charge in [0.25, 0.3) is 0 Å². The zero-order valence-corrected chi connectivity index (χ0v) is 14.7. The third-order valence-electron chi connectivity index (χ3n) is 3.58. The molecule has 5 heteroatoms. The summed E-state index contributed by atoms with van der Waals surface area (Å²) in [5.41, 5.74) is 1.95. The molecule has 4 nitrogen and oxygen atoms in total. The number of halogens is 1. The van der Waals surface area contributed by atoms with Crippen LogP contribution in [0.4, 0.5) is 5.69 Å². The molecule has 0 amide bonds. The predicted octanol–water partition coefficient (Wildman–Crippen LogP) is 5.67. The first-order valence-electron chi connectivity index (χ1n) is 7.75. The number of unbranched alkanes of at least 4 members (excludes halogenated alkanes) is 2. The summed E-state index contributed by atoms with van der Waals surface area (Å²) in [5.74, 6) is 0.290. The number of nitro groups is 1. The van der Waals surface area contributed by atoms with Crippen LogP contribution in [0, 0.1) is 10.1 Å². The lowest BCUT2D eigenvalue weighted by Crippen LogP contribution is -2.01. The number of nitro benzene ring substituents is 1. The normalized spacial score (nSPS) is 10.5. The molecule has 0 radical (unpaired) electrons. The highest BCUT2D eigenvalue weighted by Gasteiger charge is 2.20. The largest absolute Gasteiger partial charge is 0.481 e. The Balaban J connectivity index is 2.18. The van der Waals surface area contributed by atoms with Crippen molar-refractivity contribution < 1.29 is 9.66 Å². The molecule has 0 saturated carbocycles. The summed E-state index contributed by atoms with van der Waals surface area (Å²) in [7, 11) is 0. The molecule has 2 aromatic rings. The van der Waals surface area contributed by atoms with Crippen molar-refractivity contribution in [2.75, 3.05) is 0 Å². The second-order valence-electron chi connectivity index (χ2n) is 5.41. The average molecular weight is 378 g/mol. The number of benzene rings is 2. The van der Waals surface area contributed by atoms with Crippen LogP contribution in [0.25, 0.3) is 0 Å². The second kappa shape index (κ2) is 8.67. The summed E-state index contributed by atoms with van der Waals surface area (Å²) in [4.78, 5) is 11.0. The molecule has 0 unspecified atom stereocenters. The summed E-state index contributed by atoms with van der Waals surface area (Å²) in [5, 5.41) is 11.4. The molecule has 2 rings (SSSR count). The minimum Gasteiger partial charge on any atom is -0.481 e. The van der Waals surface area contributed by atoms with Gasteiger partial charge in [-0.05, 0) is 46.0 Å². The number of hydrogen-bond donors (Lipinski definition) is 0. The molecule has 0 spiro atoms. The molecule has 0 bridgehead atoms. The molecule has 122 valence electrons. The van der Waals surface area contributed by atoms with Gasteiger partial charge in [-0.15, -0.1) is 0 Å². The maximum Gasteiger partial charge on any atom is 0.312 e. The molecule has 0 aromatic heterocycles. The van der Waals surface area contributed by atoms with Crippen LogP contribution in [0.1, 0.15) is 37.3 Å². The summed E-state index contributed by atoms with van der Waals surface area (Å²) in [6.07, 6.45) is 4.12.